The molecule has 0 atom stereocenters. The molecule has 2 N–H and O–H groups in total. The highest BCUT2D eigenvalue weighted by atomic mass is 79.9. The molecule has 2 rings (SSSR count). The standard InChI is InChI=1S/C7H5BrN2O/c8-6-1-4(9)2-7-5(6)3-10-11-7/h1-3H,9H2. The minimum absolute atomic E-state index is 0.668. The molecule has 56 valence electrons. The Labute approximate surface area is 71.3 Å². The van der Waals surface area contributed by atoms with E-state index in [2.05, 4.69) is 21.1 Å². The molecular formula is C7H5BrN2O. The minimum Gasteiger partial charge on any atom is -0.399 e. The number of benzene rings is 1. The summed E-state index contributed by atoms with van der Waals surface area (Å²) in [7, 11) is 0. The third-order valence-electron chi connectivity index (χ3n) is 1.45. The molecule has 1 aromatic heterocycles. The molecule has 3 nitrogen and oxygen atoms in total. The third kappa shape index (κ3) is 0.991. The van der Waals surface area contributed by atoms with Crippen molar-refractivity contribution in [3.8, 4) is 0 Å². The smallest absolute Gasteiger partial charge is 0.170 e. The zero-order chi connectivity index (χ0) is 7.84. The topological polar surface area (TPSA) is 52.0 Å². The fourth-order valence-corrected chi connectivity index (χ4v) is 1.51. The summed E-state index contributed by atoms with van der Waals surface area (Å²) in [6, 6.07) is 3.56. The molecule has 0 aliphatic carbocycles. The highest BCUT2D eigenvalue weighted by molar-refractivity contribution is 9.10. The van der Waals surface area contributed by atoms with E-state index in [1.165, 1.54) is 0 Å². The molecular weight excluding hydrogens is 208 g/mol. The highest BCUT2D eigenvalue weighted by Gasteiger charge is 2.02. The number of aromatic nitrogens is 1. The number of nitrogen functional groups attached to an aromatic ring is 1. The van der Waals surface area contributed by atoms with E-state index in [1.54, 1.807) is 12.3 Å². The lowest BCUT2D eigenvalue weighted by atomic mass is 10.2. The summed E-state index contributed by atoms with van der Waals surface area (Å²) in [6.45, 7) is 0. The summed E-state index contributed by atoms with van der Waals surface area (Å²) in [5.74, 6) is 0. The van der Waals surface area contributed by atoms with Crippen molar-refractivity contribution in [1.29, 1.82) is 0 Å². The van der Waals surface area contributed by atoms with Crippen LogP contribution in [0.15, 0.2) is 27.3 Å². The number of fused-ring (bicyclic) bond motifs is 1. The number of nitrogens with two attached hydrogens (primary N) is 1. The number of rotatable bonds is 0. The first-order valence-electron chi connectivity index (χ1n) is 3.07. The van der Waals surface area contributed by atoms with Crippen LogP contribution >= 0.6 is 15.9 Å². The molecule has 11 heavy (non-hydrogen) atoms. The van der Waals surface area contributed by atoms with Crippen molar-refractivity contribution in [1.82, 2.24) is 5.16 Å². The third-order valence-corrected chi connectivity index (χ3v) is 2.10. The SMILES string of the molecule is Nc1cc(Br)c2cnoc2c1. The predicted octanol–water partition coefficient (Wildman–Crippen LogP) is 2.17. The Morgan fingerprint density at radius 2 is 2.27 bits per heavy atom. The number of anilines is 1. The first-order valence-corrected chi connectivity index (χ1v) is 3.86. The van der Waals surface area contributed by atoms with Crippen molar-refractivity contribution in [3.63, 3.8) is 0 Å². The lowest BCUT2D eigenvalue weighted by molar-refractivity contribution is 0.456. The van der Waals surface area contributed by atoms with Gasteiger partial charge in [-0.25, -0.2) is 0 Å². The van der Waals surface area contributed by atoms with Crippen molar-refractivity contribution in [2.45, 2.75) is 0 Å². The van der Waals surface area contributed by atoms with E-state index in [1.807, 2.05) is 6.07 Å². The van der Waals surface area contributed by atoms with E-state index < -0.39 is 0 Å². The number of hydrogen-bond acceptors (Lipinski definition) is 3. The first kappa shape index (κ1) is 6.67. The summed E-state index contributed by atoms with van der Waals surface area (Å²) in [6.07, 6.45) is 1.65. The van der Waals surface area contributed by atoms with Gasteiger partial charge in [-0.3, -0.25) is 0 Å². The van der Waals surface area contributed by atoms with E-state index in [0.29, 0.717) is 11.3 Å². The minimum atomic E-state index is 0.668. The van der Waals surface area contributed by atoms with Gasteiger partial charge in [0.2, 0.25) is 0 Å². The van der Waals surface area contributed by atoms with Crippen molar-refractivity contribution in [2.24, 2.45) is 0 Å². The molecule has 0 aliphatic heterocycles. The zero-order valence-corrected chi connectivity index (χ0v) is 7.13. The summed E-state index contributed by atoms with van der Waals surface area (Å²) >= 11 is 3.35. The summed E-state index contributed by atoms with van der Waals surface area (Å²) in [5.41, 5.74) is 6.94. The zero-order valence-electron chi connectivity index (χ0n) is 5.54. The molecule has 0 amide bonds. The molecule has 0 saturated carbocycles. The van der Waals surface area contributed by atoms with Gasteiger partial charge in [-0.15, -0.1) is 0 Å². The number of hydrogen-bond donors (Lipinski definition) is 1. The van der Waals surface area contributed by atoms with Crippen LogP contribution in [-0.4, -0.2) is 5.16 Å². The molecule has 1 aromatic carbocycles. The Balaban J connectivity index is 2.91. The molecule has 2 aromatic rings. The van der Waals surface area contributed by atoms with Crippen molar-refractivity contribution in [2.75, 3.05) is 5.73 Å². The van der Waals surface area contributed by atoms with Crippen molar-refractivity contribution in [3.05, 3.63) is 22.8 Å². The molecule has 0 bridgehead atoms. The Kier molecular flexibility index (Phi) is 1.35. The second-order valence-electron chi connectivity index (χ2n) is 2.24. The van der Waals surface area contributed by atoms with Crippen LogP contribution in [0, 0.1) is 0 Å². The maximum atomic E-state index is 5.57. The van der Waals surface area contributed by atoms with Crippen LogP contribution in [-0.2, 0) is 0 Å². The second-order valence-corrected chi connectivity index (χ2v) is 3.09. The van der Waals surface area contributed by atoms with E-state index in [0.717, 1.165) is 9.86 Å². The Morgan fingerprint density at radius 3 is 3.09 bits per heavy atom. The van der Waals surface area contributed by atoms with Gasteiger partial charge in [0.25, 0.3) is 0 Å². The molecule has 4 heteroatoms. The van der Waals surface area contributed by atoms with Gasteiger partial charge >= 0.3 is 0 Å². The van der Waals surface area contributed by atoms with Crippen LogP contribution in [0.25, 0.3) is 11.0 Å². The average Bonchev–Trinajstić information content (AvgIpc) is 2.34. The van der Waals surface area contributed by atoms with E-state index in [-0.39, 0.29) is 0 Å². The molecule has 0 fully saturated rings. The van der Waals surface area contributed by atoms with Gasteiger partial charge in [-0.05, 0) is 22.0 Å². The van der Waals surface area contributed by atoms with Gasteiger partial charge in [-0.2, -0.15) is 0 Å². The monoisotopic (exact) mass is 212 g/mol. The normalized spacial score (nSPS) is 10.6. The highest BCUT2D eigenvalue weighted by Crippen LogP contribution is 2.26. The van der Waals surface area contributed by atoms with Gasteiger partial charge < -0.3 is 10.3 Å². The van der Waals surface area contributed by atoms with Crippen molar-refractivity contribution >= 4 is 32.6 Å². The predicted molar refractivity (Wildman–Crippen MR) is 46.1 cm³/mol. The van der Waals surface area contributed by atoms with Gasteiger partial charge in [0.05, 0.1) is 11.6 Å². The Hall–Kier alpha value is -1.03. The van der Waals surface area contributed by atoms with Crippen molar-refractivity contribution < 1.29 is 4.52 Å². The Bertz CT molecular complexity index is 396. The molecule has 0 radical (unpaired) electrons. The molecule has 1 heterocycles. The molecule has 0 spiro atoms. The number of nitrogens with zero attached hydrogens (tertiary/aromatic N) is 1. The molecule has 0 unspecified atom stereocenters. The van der Waals surface area contributed by atoms with Gasteiger partial charge in [0, 0.05) is 16.2 Å². The quantitative estimate of drug-likeness (QED) is 0.682. The first-order chi connectivity index (χ1) is 5.27. The lowest BCUT2D eigenvalue weighted by Crippen LogP contribution is -1.82. The second kappa shape index (κ2) is 2.23. The van der Waals surface area contributed by atoms with Gasteiger partial charge in [0.15, 0.2) is 5.58 Å². The van der Waals surface area contributed by atoms with Crippen LogP contribution in [0.1, 0.15) is 0 Å². The van der Waals surface area contributed by atoms with Crippen LogP contribution in [0.5, 0.6) is 0 Å². The molecule has 0 saturated heterocycles. The van der Waals surface area contributed by atoms with Crippen LogP contribution < -0.4 is 5.73 Å². The number of halogens is 1. The Morgan fingerprint density at radius 1 is 1.45 bits per heavy atom. The summed E-state index contributed by atoms with van der Waals surface area (Å²) < 4.78 is 5.83. The van der Waals surface area contributed by atoms with Crippen LogP contribution in [0.2, 0.25) is 0 Å². The van der Waals surface area contributed by atoms with E-state index in [9.17, 15) is 0 Å². The van der Waals surface area contributed by atoms with Crippen LogP contribution in [0.4, 0.5) is 5.69 Å². The maximum Gasteiger partial charge on any atom is 0.170 e. The fourth-order valence-electron chi connectivity index (χ4n) is 0.949. The molecule has 0 aliphatic rings. The van der Waals surface area contributed by atoms with Gasteiger partial charge in [-0.1, -0.05) is 5.16 Å². The maximum absolute atomic E-state index is 5.57. The largest absolute Gasteiger partial charge is 0.399 e. The fraction of sp³-hybridized carbons (Fsp3) is 0. The average molecular weight is 213 g/mol. The lowest BCUT2D eigenvalue weighted by Gasteiger charge is -1.93. The summed E-state index contributed by atoms with van der Waals surface area (Å²) in [4.78, 5) is 0. The van der Waals surface area contributed by atoms with Crippen LogP contribution in [0.3, 0.4) is 0 Å². The van der Waals surface area contributed by atoms with E-state index >= 15 is 0 Å². The van der Waals surface area contributed by atoms with Gasteiger partial charge in [0.1, 0.15) is 0 Å². The van der Waals surface area contributed by atoms with E-state index in [4.69, 9.17) is 10.3 Å². The summed E-state index contributed by atoms with van der Waals surface area (Å²) in [5, 5.41) is 4.59.